The normalized spacial score (nSPS) is 13.2. The molecule has 0 saturated heterocycles. The number of hydrogen-bond donors (Lipinski definition) is 0. The van der Waals surface area contributed by atoms with Crippen molar-refractivity contribution in [3.63, 3.8) is 0 Å². The maximum Gasteiger partial charge on any atom is 0.143 e. The zero-order valence-corrected chi connectivity index (χ0v) is 32.7. The average Bonchev–Trinajstić information content (AvgIpc) is 3.60. The van der Waals surface area contributed by atoms with Crippen molar-refractivity contribution >= 4 is 72.7 Å². The molecular formula is C53H42OSi. The molecule has 0 aliphatic heterocycles. The van der Waals surface area contributed by atoms with Gasteiger partial charge in [0.05, 0.1) is 0 Å². The summed E-state index contributed by atoms with van der Waals surface area (Å²) in [6.45, 7) is 9.73. The standard InChI is InChI=1S/C53H42OSi/c1-53(2,3)55(4,40-18-6-5-7-19-40)41-30-28-36(29-31-41)47-33-39(34-48-42-20-14-15-25-49(42)54-52(47)48)51-45-23-12-10-21-43(45)50(44-22-11-13-24-46(44)51)38-27-26-35-16-8-9-17-37(35)32-38/h5-34H,1-4H3. The van der Waals surface area contributed by atoms with E-state index in [1.165, 1.54) is 64.9 Å². The Morgan fingerprint density at radius 3 is 1.55 bits per heavy atom. The first kappa shape index (κ1) is 33.4. The first-order valence-corrected chi connectivity index (χ1v) is 21.8. The molecule has 0 N–H and O–H groups in total. The third-order valence-electron chi connectivity index (χ3n) is 12.4. The van der Waals surface area contributed by atoms with E-state index in [2.05, 4.69) is 209 Å². The summed E-state index contributed by atoms with van der Waals surface area (Å²) < 4.78 is 6.75. The number of furan rings is 1. The predicted octanol–water partition coefficient (Wildman–Crippen LogP) is 14.0. The zero-order valence-electron chi connectivity index (χ0n) is 31.7. The molecule has 10 aromatic rings. The molecule has 1 aromatic heterocycles. The highest BCUT2D eigenvalue weighted by atomic mass is 28.3. The van der Waals surface area contributed by atoms with Crippen molar-refractivity contribution in [3.8, 4) is 33.4 Å². The maximum absolute atomic E-state index is 6.75. The smallest absolute Gasteiger partial charge is 0.143 e. The van der Waals surface area contributed by atoms with Gasteiger partial charge in [-0.25, -0.2) is 0 Å². The fraction of sp³-hybridized carbons (Fsp3) is 0.0943. The van der Waals surface area contributed by atoms with Crippen LogP contribution >= 0.6 is 0 Å². The number of fused-ring (bicyclic) bond motifs is 6. The number of benzene rings is 9. The van der Waals surface area contributed by atoms with Gasteiger partial charge in [0.1, 0.15) is 19.2 Å². The molecule has 0 radical (unpaired) electrons. The van der Waals surface area contributed by atoms with E-state index in [-0.39, 0.29) is 5.04 Å². The van der Waals surface area contributed by atoms with Crippen molar-refractivity contribution in [1.82, 2.24) is 0 Å². The quantitative estimate of drug-likeness (QED) is 0.127. The molecule has 1 heterocycles. The summed E-state index contributed by atoms with van der Waals surface area (Å²) in [6, 6.07) is 67.2. The lowest BCUT2D eigenvalue weighted by atomic mass is 9.84. The Hall–Kier alpha value is -6.22. The van der Waals surface area contributed by atoms with Crippen LogP contribution in [0.25, 0.3) is 87.6 Å². The van der Waals surface area contributed by atoms with Crippen LogP contribution in [0.1, 0.15) is 20.8 Å². The minimum atomic E-state index is -2.10. The first-order valence-electron chi connectivity index (χ1n) is 19.3. The van der Waals surface area contributed by atoms with E-state index in [9.17, 15) is 0 Å². The topological polar surface area (TPSA) is 13.1 Å². The second-order valence-corrected chi connectivity index (χ2v) is 21.1. The lowest BCUT2D eigenvalue weighted by molar-refractivity contribution is 0.670. The maximum atomic E-state index is 6.75. The van der Waals surface area contributed by atoms with Crippen LogP contribution in [-0.4, -0.2) is 8.07 Å². The van der Waals surface area contributed by atoms with Gasteiger partial charge in [0.2, 0.25) is 0 Å². The van der Waals surface area contributed by atoms with Crippen LogP contribution in [0.15, 0.2) is 186 Å². The van der Waals surface area contributed by atoms with Gasteiger partial charge in [-0.3, -0.25) is 0 Å². The SMILES string of the molecule is CC(C)(C)[Si](C)(c1ccccc1)c1ccc(-c2cc(-c3c4ccccc4c(-c4ccc5ccccc5c4)c4ccccc34)cc3c2oc2ccccc23)cc1. The number of rotatable bonds is 5. The Labute approximate surface area is 323 Å². The third kappa shape index (κ3) is 5.27. The Kier molecular flexibility index (Phi) is 7.69. The summed E-state index contributed by atoms with van der Waals surface area (Å²) in [4.78, 5) is 0. The van der Waals surface area contributed by atoms with Crippen LogP contribution in [0.5, 0.6) is 0 Å². The second-order valence-electron chi connectivity index (χ2n) is 16.2. The van der Waals surface area contributed by atoms with Gasteiger partial charge in [-0.2, -0.15) is 0 Å². The minimum Gasteiger partial charge on any atom is -0.455 e. The van der Waals surface area contributed by atoms with E-state index < -0.39 is 8.07 Å². The highest BCUT2D eigenvalue weighted by Gasteiger charge is 2.43. The van der Waals surface area contributed by atoms with Crippen molar-refractivity contribution in [2.24, 2.45) is 0 Å². The summed E-state index contributed by atoms with van der Waals surface area (Å²) >= 11 is 0. The molecule has 0 aliphatic rings. The molecule has 0 fully saturated rings. The molecular weight excluding hydrogens is 681 g/mol. The highest BCUT2D eigenvalue weighted by molar-refractivity contribution is 7.03. The first-order chi connectivity index (χ1) is 26.8. The Morgan fingerprint density at radius 2 is 0.909 bits per heavy atom. The van der Waals surface area contributed by atoms with Gasteiger partial charge in [-0.1, -0.05) is 195 Å². The van der Waals surface area contributed by atoms with Crippen molar-refractivity contribution in [2.45, 2.75) is 32.4 Å². The van der Waals surface area contributed by atoms with Crippen LogP contribution in [0.3, 0.4) is 0 Å². The summed E-state index contributed by atoms with van der Waals surface area (Å²) in [6.07, 6.45) is 0. The molecule has 1 unspecified atom stereocenters. The largest absolute Gasteiger partial charge is 0.455 e. The number of para-hydroxylation sites is 1. The monoisotopic (exact) mass is 722 g/mol. The van der Waals surface area contributed by atoms with E-state index in [1.807, 2.05) is 0 Å². The molecule has 1 nitrogen and oxygen atoms in total. The van der Waals surface area contributed by atoms with Gasteiger partial charge >= 0.3 is 0 Å². The summed E-state index contributed by atoms with van der Waals surface area (Å²) in [5, 5.41) is 12.8. The Balaban J connectivity index is 1.23. The van der Waals surface area contributed by atoms with E-state index >= 15 is 0 Å². The molecule has 55 heavy (non-hydrogen) atoms. The summed E-state index contributed by atoms with van der Waals surface area (Å²) in [5.41, 5.74) is 9.05. The van der Waals surface area contributed by atoms with Gasteiger partial charge < -0.3 is 4.42 Å². The van der Waals surface area contributed by atoms with E-state index in [1.54, 1.807) is 0 Å². The molecule has 0 spiro atoms. The van der Waals surface area contributed by atoms with Gasteiger partial charge in [-0.05, 0) is 89.4 Å². The van der Waals surface area contributed by atoms with Crippen LogP contribution in [0.4, 0.5) is 0 Å². The second kappa shape index (κ2) is 12.7. The van der Waals surface area contributed by atoms with Crippen LogP contribution in [-0.2, 0) is 0 Å². The molecule has 1 atom stereocenters. The van der Waals surface area contributed by atoms with E-state index in [0.717, 1.165) is 33.1 Å². The van der Waals surface area contributed by atoms with Crippen LogP contribution in [0, 0.1) is 0 Å². The summed E-state index contributed by atoms with van der Waals surface area (Å²) in [5.74, 6) is 0. The molecule has 264 valence electrons. The lowest BCUT2D eigenvalue weighted by Crippen LogP contribution is -2.61. The van der Waals surface area contributed by atoms with Gasteiger partial charge in [0.15, 0.2) is 0 Å². The molecule has 0 bridgehead atoms. The average molecular weight is 723 g/mol. The van der Waals surface area contributed by atoms with Gasteiger partial charge in [0.25, 0.3) is 0 Å². The molecule has 9 aromatic carbocycles. The number of hydrogen-bond acceptors (Lipinski definition) is 1. The molecule has 2 heteroatoms. The predicted molar refractivity (Wildman–Crippen MR) is 240 cm³/mol. The van der Waals surface area contributed by atoms with E-state index in [0.29, 0.717) is 0 Å². The van der Waals surface area contributed by atoms with E-state index in [4.69, 9.17) is 4.42 Å². The molecule has 0 aliphatic carbocycles. The highest BCUT2D eigenvalue weighted by Crippen LogP contribution is 2.47. The lowest BCUT2D eigenvalue weighted by Gasteiger charge is -2.41. The van der Waals surface area contributed by atoms with Gasteiger partial charge in [-0.15, -0.1) is 0 Å². The van der Waals surface area contributed by atoms with Crippen molar-refractivity contribution in [1.29, 1.82) is 0 Å². The third-order valence-corrected chi connectivity index (χ3v) is 18.3. The molecule has 10 rings (SSSR count). The molecule has 0 amide bonds. The van der Waals surface area contributed by atoms with Crippen molar-refractivity contribution < 1.29 is 4.42 Å². The fourth-order valence-corrected chi connectivity index (χ4v) is 12.8. The molecule has 0 saturated carbocycles. The van der Waals surface area contributed by atoms with Gasteiger partial charge in [0, 0.05) is 16.3 Å². The van der Waals surface area contributed by atoms with Crippen LogP contribution < -0.4 is 10.4 Å². The van der Waals surface area contributed by atoms with Crippen molar-refractivity contribution in [3.05, 3.63) is 182 Å². The Bertz CT molecular complexity index is 3020. The van der Waals surface area contributed by atoms with Crippen LogP contribution in [0.2, 0.25) is 11.6 Å². The zero-order chi connectivity index (χ0) is 37.3. The Morgan fingerprint density at radius 1 is 0.400 bits per heavy atom. The fourth-order valence-electron chi connectivity index (χ4n) is 9.07. The van der Waals surface area contributed by atoms with Crippen molar-refractivity contribution in [2.75, 3.05) is 0 Å². The summed E-state index contributed by atoms with van der Waals surface area (Å²) in [7, 11) is -2.10. The minimum absolute atomic E-state index is 0.128.